The van der Waals surface area contributed by atoms with Gasteiger partial charge in [0.2, 0.25) is 5.82 Å². The zero-order valence-electron chi connectivity index (χ0n) is 17.6. The Labute approximate surface area is 211 Å². The number of rotatable bonds is 4. The van der Waals surface area contributed by atoms with E-state index in [0.29, 0.717) is 16.4 Å². The first-order valence-electron chi connectivity index (χ1n) is 10.2. The summed E-state index contributed by atoms with van der Waals surface area (Å²) < 4.78 is 68.8. The molecular formula is C23H15Cl3F5N3O. The predicted molar refractivity (Wildman–Crippen MR) is 127 cm³/mol. The van der Waals surface area contributed by atoms with Crippen LogP contribution in [0.2, 0.25) is 15.1 Å². The first kappa shape index (κ1) is 25.3. The molecule has 3 aromatic carbocycles. The van der Waals surface area contributed by atoms with Gasteiger partial charge in [-0.25, -0.2) is 22.0 Å². The molecule has 4 rings (SSSR count). The van der Waals surface area contributed by atoms with Crippen molar-refractivity contribution < 1.29 is 26.7 Å². The Morgan fingerprint density at radius 3 is 1.89 bits per heavy atom. The van der Waals surface area contributed by atoms with Crippen molar-refractivity contribution >= 4 is 57.8 Å². The van der Waals surface area contributed by atoms with Crippen molar-refractivity contribution in [1.82, 2.24) is 0 Å². The number of benzene rings is 3. The van der Waals surface area contributed by atoms with E-state index in [0.717, 1.165) is 4.90 Å². The third-order valence-electron chi connectivity index (χ3n) is 5.50. The summed E-state index contributed by atoms with van der Waals surface area (Å²) in [5, 5.41) is 3.53. The van der Waals surface area contributed by atoms with E-state index in [-0.39, 0.29) is 41.8 Å². The molecule has 0 aromatic heterocycles. The van der Waals surface area contributed by atoms with E-state index in [2.05, 4.69) is 5.32 Å². The molecule has 1 aliphatic heterocycles. The summed E-state index contributed by atoms with van der Waals surface area (Å²) in [6.45, 7) is 0.368. The first-order chi connectivity index (χ1) is 16.6. The lowest BCUT2D eigenvalue weighted by atomic mass is 10.1. The van der Waals surface area contributed by atoms with Crippen LogP contribution in [0.4, 0.5) is 39.0 Å². The number of hydrogen-bond acceptors (Lipinski definition) is 3. The maximum atomic E-state index is 14.1. The van der Waals surface area contributed by atoms with Gasteiger partial charge in [-0.1, -0.05) is 34.8 Å². The topological polar surface area (TPSA) is 35.6 Å². The zero-order chi connectivity index (χ0) is 25.4. The van der Waals surface area contributed by atoms with Crippen molar-refractivity contribution in [2.24, 2.45) is 0 Å². The summed E-state index contributed by atoms with van der Waals surface area (Å²) in [7, 11) is 0. The van der Waals surface area contributed by atoms with Crippen molar-refractivity contribution in [1.29, 1.82) is 0 Å². The monoisotopic (exact) mass is 549 g/mol. The fraction of sp³-hybridized carbons (Fsp3) is 0.174. The van der Waals surface area contributed by atoms with Crippen LogP contribution in [0.5, 0.6) is 0 Å². The second kappa shape index (κ2) is 10.1. The minimum Gasteiger partial charge on any atom is -0.367 e. The van der Waals surface area contributed by atoms with E-state index in [1.165, 1.54) is 18.2 Å². The van der Waals surface area contributed by atoms with Crippen LogP contribution in [-0.2, 0) is 0 Å². The molecule has 0 unspecified atom stereocenters. The minimum absolute atomic E-state index is 0.0135. The predicted octanol–water partition coefficient (Wildman–Crippen LogP) is 6.92. The molecule has 0 bridgehead atoms. The summed E-state index contributed by atoms with van der Waals surface area (Å²) >= 11 is 18.4. The molecule has 1 fully saturated rings. The average Bonchev–Trinajstić information content (AvgIpc) is 2.84. The molecule has 4 nitrogen and oxygen atoms in total. The van der Waals surface area contributed by atoms with E-state index in [9.17, 15) is 26.7 Å². The normalized spacial score (nSPS) is 13.8. The zero-order valence-corrected chi connectivity index (χ0v) is 19.9. The molecular weight excluding hydrogens is 536 g/mol. The Hall–Kier alpha value is -2.75. The summed E-state index contributed by atoms with van der Waals surface area (Å²) in [6, 6.07) is 9.25. The lowest BCUT2D eigenvalue weighted by molar-refractivity contribution is 0.102. The van der Waals surface area contributed by atoms with Crippen molar-refractivity contribution in [2.45, 2.75) is 0 Å². The van der Waals surface area contributed by atoms with Crippen LogP contribution in [0.3, 0.4) is 0 Å². The van der Waals surface area contributed by atoms with Crippen LogP contribution < -0.4 is 15.1 Å². The van der Waals surface area contributed by atoms with Crippen molar-refractivity contribution in [3.63, 3.8) is 0 Å². The van der Waals surface area contributed by atoms with E-state index in [1.807, 2.05) is 0 Å². The summed E-state index contributed by atoms with van der Waals surface area (Å²) in [5.41, 5.74) is 0.191. The lowest BCUT2D eigenvalue weighted by Crippen LogP contribution is -2.47. The van der Waals surface area contributed by atoms with Gasteiger partial charge in [0.25, 0.3) is 5.91 Å². The molecule has 1 aliphatic rings. The summed E-state index contributed by atoms with van der Waals surface area (Å²) in [4.78, 5) is 15.4. The number of carbonyl (C=O) groups excluding carboxylic acids is 1. The Morgan fingerprint density at radius 2 is 1.29 bits per heavy atom. The number of amides is 1. The third-order valence-corrected chi connectivity index (χ3v) is 6.37. The largest absolute Gasteiger partial charge is 0.367 e. The van der Waals surface area contributed by atoms with Gasteiger partial charge in [0.1, 0.15) is 5.69 Å². The fourth-order valence-corrected chi connectivity index (χ4v) is 4.43. The number of anilines is 3. The molecule has 0 aliphatic carbocycles. The second-order valence-corrected chi connectivity index (χ2v) is 8.89. The van der Waals surface area contributed by atoms with E-state index >= 15 is 0 Å². The Balaban J connectivity index is 1.47. The number of halogens is 8. The van der Waals surface area contributed by atoms with Crippen LogP contribution in [0, 0.1) is 29.1 Å². The van der Waals surface area contributed by atoms with Crippen LogP contribution in [0.15, 0.2) is 36.4 Å². The van der Waals surface area contributed by atoms with E-state index < -0.39 is 40.7 Å². The van der Waals surface area contributed by atoms with Gasteiger partial charge in [-0.15, -0.1) is 0 Å². The van der Waals surface area contributed by atoms with E-state index in [1.54, 1.807) is 23.1 Å². The standard InChI is InChI=1S/C23H15Cl3F5N3O/c24-11-1-3-14(25)13(9-11)23(35)32-12-2-4-16(15(26)10-12)33-5-7-34(8-6-33)22-20(30)18(28)17(27)19(29)21(22)31/h1-4,9-10H,5-8H2,(H,32,35). The van der Waals surface area contributed by atoms with E-state index in [4.69, 9.17) is 34.8 Å². The average molecular weight is 551 g/mol. The maximum absolute atomic E-state index is 14.1. The van der Waals surface area contributed by atoms with Gasteiger partial charge in [-0.05, 0) is 36.4 Å². The van der Waals surface area contributed by atoms with Crippen LogP contribution >= 0.6 is 34.8 Å². The quantitative estimate of drug-likeness (QED) is 0.218. The van der Waals surface area contributed by atoms with Gasteiger partial charge in [-0.2, -0.15) is 0 Å². The van der Waals surface area contributed by atoms with Gasteiger partial charge >= 0.3 is 0 Å². The maximum Gasteiger partial charge on any atom is 0.257 e. The molecule has 1 N–H and O–H groups in total. The molecule has 0 atom stereocenters. The Kier molecular flexibility index (Phi) is 7.30. The number of nitrogens with zero attached hydrogens (tertiary/aromatic N) is 2. The minimum atomic E-state index is -2.20. The Morgan fingerprint density at radius 1 is 0.714 bits per heavy atom. The van der Waals surface area contributed by atoms with Crippen molar-refractivity contribution in [3.8, 4) is 0 Å². The molecule has 35 heavy (non-hydrogen) atoms. The number of carbonyl (C=O) groups is 1. The highest BCUT2D eigenvalue weighted by Gasteiger charge is 2.31. The van der Waals surface area contributed by atoms with Gasteiger partial charge in [0, 0.05) is 36.9 Å². The molecule has 1 heterocycles. The smallest absolute Gasteiger partial charge is 0.257 e. The van der Waals surface area contributed by atoms with Crippen molar-refractivity contribution in [3.05, 3.63) is 86.1 Å². The lowest BCUT2D eigenvalue weighted by Gasteiger charge is -2.38. The first-order valence-corrected chi connectivity index (χ1v) is 11.3. The third kappa shape index (κ3) is 4.98. The molecule has 1 amide bonds. The number of piperazine rings is 1. The molecule has 184 valence electrons. The molecule has 0 radical (unpaired) electrons. The SMILES string of the molecule is O=C(Nc1ccc(N2CCN(c3c(F)c(F)c(F)c(F)c3F)CC2)c(Cl)c1)c1cc(Cl)ccc1Cl. The molecule has 0 spiro atoms. The summed E-state index contributed by atoms with van der Waals surface area (Å²) in [5.74, 6) is -10.4. The molecule has 12 heteroatoms. The Bertz CT molecular complexity index is 1290. The molecule has 3 aromatic rings. The van der Waals surface area contributed by atoms with Gasteiger partial charge < -0.3 is 15.1 Å². The highest BCUT2D eigenvalue weighted by atomic mass is 35.5. The number of nitrogens with one attached hydrogen (secondary N) is 1. The van der Waals surface area contributed by atoms with Gasteiger partial charge in [0.15, 0.2) is 23.3 Å². The number of hydrogen-bond donors (Lipinski definition) is 1. The van der Waals surface area contributed by atoms with Crippen LogP contribution in [-0.4, -0.2) is 32.1 Å². The fourth-order valence-electron chi connectivity index (χ4n) is 3.75. The van der Waals surface area contributed by atoms with Crippen LogP contribution in [0.1, 0.15) is 10.4 Å². The van der Waals surface area contributed by atoms with Gasteiger partial charge in [-0.3, -0.25) is 4.79 Å². The molecule has 1 saturated heterocycles. The highest BCUT2D eigenvalue weighted by molar-refractivity contribution is 6.36. The van der Waals surface area contributed by atoms with Crippen molar-refractivity contribution in [2.75, 3.05) is 41.3 Å². The highest BCUT2D eigenvalue weighted by Crippen LogP contribution is 2.34. The molecule has 0 saturated carbocycles. The second-order valence-electron chi connectivity index (χ2n) is 7.64. The van der Waals surface area contributed by atoms with Crippen LogP contribution in [0.25, 0.3) is 0 Å². The summed E-state index contributed by atoms with van der Waals surface area (Å²) in [6.07, 6.45) is 0. The van der Waals surface area contributed by atoms with Gasteiger partial charge in [0.05, 0.1) is 21.3 Å².